The van der Waals surface area contributed by atoms with Crippen LogP contribution in [0.2, 0.25) is 0 Å². The molecule has 0 bridgehead atoms. The van der Waals surface area contributed by atoms with Crippen LogP contribution in [-0.2, 0) is 25.8 Å². The largest absolute Gasteiger partial charge is 0.343 e. The third kappa shape index (κ3) is 1.81. The highest BCUT2D eigenvalue weighted by Crippen LogP contribution is 2.33. The van der Waals surface area contributed by atoms with Gasteiger partial charge in [-0.2, -0.15) is 0 Å². The van der Waals surface area contributed by atoms with Gasteiger partial charge in [-0.3, -0.25) is 0 Å². The van der Waals surface area contributed by atoms with Crippen LogP contribution in [0.25, 0.3) is 10.9 Å². The quantitative estimate of drug-likeness (QED) is 0.715. The fraction of sp³-hybridized carbons (Fsp3) is 0.529. The molecule has 2 heteroatoms. The molecule has 0 saturated heterocycles. The second-order valence-corrected chi connectivity index (χ2v) is 5.95. The summed E-state index contributed by atoms with van der Waals surface area (Å²) in [7, 11) is 0. The molecule has 0 unspecified atom stereocenters. The number of para-hydroxylation sites is 1. The van der Waals surface area contributed by atoms with E-state index in [2.05, 4.69) is 28.1 Å². The van der Waals surface area contributed by atoms with E-state index in [4.69, 9.17) is 0 Å². The summed E-state index contributed by atoms with van der Waals surface area (Å²) in [6, 6.07) is 6.94. The molecule has 19 heavy (non-hydrogen) atoms. The van der Waals surface area contributed by atoms with Crippen LogP contribution in [0.15, 0.2) is 18.2 Å². The van der Waals surface area contributed by atoms with Crippen molar-refractivity contribution in [3.8, 4) is 0 Å². The van der Waals surface area contributed by atoms with Gasteiger partial charge in [-0.05, 0) is 49.8 Å². The van der Waals surface area contributed by atoms with E-state index < -0.39 is 0 Å². The maximum absolute atomic E-state index is 3.56. The number of nitrogens with one attached hydrogen (secondary N) is 1. The van der Waals surface area contributed by atoms with Crippen LogP contribution in [-0.4, -0.2) is 17.7 Å². The molecule has 0 atom stereocenters. The molecule has 1 aliphatic carbocycles. The van der Waals surface area contributed by atoms with Crippen molar-refractivity contribution < 1.29 is 0 Å². The second kappa shape index (κ2) is 4.68. The highest BCUT2D eigenvalue weighted by Gasteiger charge is 2.21. The van der Waals surface area contributed by atoms with Crippen molar-refractivity contribution in [2.75, 3.05) is 13.1 Å². The van der Waals surface area contributed by atoms with Gasteiger partial charge in [-0.15, -0.1) is 0 Å². The topological polar surface area (TPSA) is 17.0 Å². The molecular weight excluding hydrogens is 232 g/mol. The van der Waals surface area contributed by atoms with Crippen molar-refractivity contribution in [2.45, 2.75) is 45.1 Å². The van der Waals surface area contributed by atoms with Crippen LogP contribution in [0.5, 0.6) is 0 Å². The Hall–Kier alpha value is -1.28. The van der Waals surface area contributed by atoms with Gasteiger partial charge in [-0.25, -0.2) is 0 Å². The first-order valence-electron chi connectivity index (χ1n) is 7.78. The molecule has 100 valence electrons. The molecule has 4 rings (SSSR count). The van der Waals surface area contributed by atoms with Gasteiger partial charge < -0.3 is 9.88 Å². The van der Waals surface area contributed by atoms with Crippen LogP contribution in [0.1, 0.15) is 36.1 Å². The van der Waals surface area contributed by atoms with Gasteiger partial charge in [0.05, 0.1) is 5.52 Å². The van der Waals surface area contributed by atoms with Gasteiger partial charge >= 0.3 is 0 Å². The standard InChI is InChI=1S/C17H22N2/c1-2-6-14-15-7-4-5-13-9-10-18-11-12-19(17(13)15)16(14)8-3-1/h4-5,7,18H,1-3,6,8-12H2. The smallest absolute Gasteiger partial charge is 0.0518 e. The zero-order chi connectivity index (χ0) is 12.7. The van der Waals surface area contributed by atoms with Crippen molar-refractivity contribution >= 4 is 10.9 Å². The van der Waals surface area contributed by atoms with Gasteiger partial charge in [-0.1, -0.05) is 24.6 Å². The fourth-order valence-corrected chi connectivity index (χ4v) is 3.93. The summed E-state index contributed by atoms with van der Waals surface area (Å²) in [4.78, 5) is 0. The highest BCUT2D eigenvalue weighted by atomic mass is 15.0. The summed E-state index contributed by atoms with van der Waals surface area (Å²) in [5.74, 6) is 0. The molecule has 2 nitrogen and oxygen atoms in total. The zero-order valence-corrected chi connectivity index (χ0v) is 11.5. The summed E-state index contributed by atoms with van der Waals surface area (Å²) in [5.41, 5.74) is 6.40. The minimum Gasteiger partial charge on any atom is -0.343 e. The monoisotopic (exact) mass is 254 g/mol. The van der Waals surface area contributed by atoms with E-state index in [1.807, 2.05) is 0 Å². The SMILES string of the molecule is c1cc2c3c(c1)c1c(n3CCNCC2)CCCCC1. The van der Waals surface area contributed by atoms with E-state index in [-0.39, 0.29) is 0 Å². The van der Waals surface area contributed by atoms with E-state index in [1.54, 1.807) is 22.2 Å². The number of fused-ring (bicyclic) bond motifs is 3. The van der Waals surface area contributed by atoms with E-state index in [0.29, 0.717) is 0 Å². The Balaban J connectivity index is 2.02. The summed E-state index contributed by atoms with van der Waals surface area (Å²) >= 11 is 0. The predicted octanol–water partition coefficient (Wildman–Crippen LogP) is 3.06. The predicted molar refractivity (Wildman–Crippen MR) is 79.8 cm³/mol. The number of hydrogen-bond acceptors (Lipinski definition) is 1. The number of nitrogens with zero attached hydrogens (tertiary/aromatic N) is 1. The first-order valence-corrected chi connectivity index (χ1v) is 7.78. The summed E-state index contributed by atoms with van der Waals surface area (Å²) in [6.07, 6.45) is 7.87. The molecule has 1 aromatic heterocycles. The van der Waals surface area contributed by atoms with Crippen molar-refractivity contribution in [1.29, 1.82) is 0 Å². The van der Waals surface area contributed by atoms with E-state index in [9.17, 15) is 0 Å². The third-order valence-corrected chi connectivity index (χ3v) is 4.81. The first-order chi connectivity index (χ1) is 9.45. The molecule has 2 aliphatic rings. The fourth-order valence-electron chi connectivity index (χ4n) is 3.93. The maximum Gasteiger partial charge on any atom is 0.0518 e. The zero-order valence-electron chi connectivity index (χ0n) is 11.5. The summed E-state index contributed by atoms with van der Waals surface area (Å²) in [6.45, 7) is 3.38. The Labute approximate surface area is 114 Å². The highest BCUT2D eigenvalue weighted by molar-refractivity contribution is 5.88. The Bertz CT molecular complexity index is 609. The van der Waals surface area contributed by atoms with Crippen LogP contribution in [0, 0.1) is 0 Å². The molecule has 2 aromatic rings. The molecule has 0 spiro atoms. The molecule has 0 fully saturated rings. The van der Waals surface area contributed by atoms with Crippen LogP contribution < -0.4 is 5.32 Å². The Kier molecular flexibility index (Phi) is 2.84. The Morgan fingerprint density at radius 2 is 1.89 bits per heavy atom. The van der Waals surface area contributed by atoms with Gasteiger partial charge in [0.25, 0.3) is 0 Å². The van der Waals surface area contributed by atoms with Gasteiger partial charge in [0, 0.05) is 24.2 Å². The Morgan fingerprint density at radius 1 is 0.947 bits per heavy atom. The van der Waals surface area contributed by atoms with Crippen molar-refractivity contribution in [1.82, 2.24) is 9.88 Å². The lowest BCUT2D eigenvalue weighted by atomic mass is 10.0. The number of benzene rings is 1. The van der Waals surface area contributed by atoms with Crippen LogP contribution in [0.3, 0.4) is 0 Å². The Morgan fingerprint density at radius 3 is 2.89 bits per heavy atom. The number of aromatic nitrogens is 1. The lowest BCUT2D eigenvalue weighted by molar-refractivity contribution is 0.577. The van der Waals surface area contributed by atoms with E-state index in [0.717, 1.165) is 19.6 Å². The van der Waals surface area contributed by atoms with Crippen molar-refractivity contribution in [2.24, 2.45) is 0 Å². The average molecular weight is 254 g/mol. The molecule has 1 N–H and O–H groups in total. The molecule has 1 aliphatic heterocycles. The first kappa shape index (κ1) is 11.5. The maximum atomic E-state index is 3.56. The minimum absolute atomic E-state index is 1.12. The van der Waals surface area contributed by atoms with Gasteiger partial charge in [0.15, 0.2) is 0 Å². The summed E-state index contributed by atoms with van der Waals surface area (Å²) in [5, 5.41) is 5.11. The van der Waals surface area contributed by atoms with Crippen molar-refractivity contribution in [3.05, 3.63) is 35.0 Å². The van der Waals surface area contributed by atoms with E-state index >= 15 is 0 Å². The number of hydrogen-bond donors (Lipinski definition) is 1. The third-order valence-electron chi connectivity index (χ3n) is 4.81. The number of rotatable bonds is 0. The minimum atomic E-state index is 1.12. The molecule has 0 radical (unpaired) electrons. The molecule has 2 heterocycles. The van der Waals surface area contributed by atoms with Gasteiger partial charge in [0.2, 0.25) is 0 Å². The lowest BCUT2D eigenvalue weighted by Crippen LogP contribution is -2.25. The van der Waals surface area contributed by atoms with Crippen molar-refractivity contribution in [3.63, 3.8) is 0 Å². The summed E-state index contributed by atoms with van der Waals surface area (Å²) < 4.78 is 2.64. The molecule has 0 amide bonds. The van der Waals surface area contributed by atoms with E-state index in [1.165, 1.54) is 44.1 Å². The normalized spacial score (nSPS) is 19.6. The van der Waals surface area contributed by atoms with Crippen LogP contribution >= 0.6 is 0 Å². The second-order valence-electron chi connectivity index (χ2n) is 5.95. The molecule has 1 aromatic carbocycles. The molecular formula is C17H22N2. The lowest BCUT2D eigenvalue weighted by Gasteiger charge is -2.17. The van der Waals surface area contributed by atoms with Crippen LogP contribution in [0.4, 0.5) is 0 Å². The average Bonchev–Trinajstić information content (AvgIpc) is 2.58. The van der Waals surface area contributed by atoms with Gasteiger partial charge in [0.1, 0.15) is 0 Å². The molecule has 0 saturated carbocycles. The number of aryl methyl sites for hydroxylation is 1.